The zero-order valence-corrected chi connectivity index (χ0v) is 21.4. The predicted molar refractivity (Wildman–Crippen MR) is 128 cm³/mol. The molecule has 0 aromatic heterocycles. The lowest BCUT2D eigenvalue weighted by molar-refractivity contribution is -0.227. The van der Waals surface area contributed by atoms with E-state index in [1.807, 2.05) is 0 Å². The fourth-order valence-electron chi connectivity index (χ4n) is 3.91. The zero-order valence-electron chi connectivity index (χ0n) is 19.8. The standard InChI is InChI=1S/C24H30BrNO10/c1-32-21(22(29)26-17(15-35-23(26)30)16-6-3-2-4-7-16)20-18(28)14-19(25)24(31,36-20)8-5-10-33-12-13-34-11-9-27/h2-4,6-7,14,17,20-21,27,31H,5,8-13,15H2,1H3. The van der Waals surface area contributed by atoms with Crippen LogP contribution in [0, 0.1) is 0 Å². The van der Waals surface area contributed by atoms with E-state index in [1.165, 1.54) is 7.11 Å². The SMILES string of the molecule is COC(C(=O)N1C(=O)OCC1c1ccccc1)C1OC(O)(CCCOCCOCCO)C(Br)=CC1=O. The summed E-state index contributed by atoms with van der Waals surface area (Å²) in [7, 11) is 1.22. The van der Waals surface area contributed by atoms with Gasteiger partial charge in [0, 0.05) is 20.1 Å². The number of ketones is 1. The third-order valence-corrected chi connectivity index (χ3v) is 6.57. The van der Waals surface area contributed by atoms with Gasteiger partial charge in [-0.3, -0.25) is 9.59 Å². The highest BCUT2D eigenvalue weighted by Gasteiger charge is 2.50. The second kappa shape index (κ2) is 13.4. The highest BCUT2D eigenvalue weighted by atomic mass is 79.9. The minimum absolute atomic E-state index is 0.0368. The van der Waals surface area contributed by atoms with Crippen molar-refractivity contribution in [1.82, 2.24) is 4.90 Å². The summed E-state index contributed by atoms with van der Waals surface area (Å²) in [5.41, 5.74) is 0.684. The molecule has 1 aromatic rings. The van der Waals surface area contributed by atoms with Gasteiger partial charge in [-0.25, -0.2) is 9.69 Å². The molecule has 0 radical (unpaired) electrons. The lowest BCUT2D eigenvalue weighted by Gasteiger charge is -2.38. The van der Waals surface area contributed by atoms with Gasteiger partial charge >= 0.3 is 6.09 Å². The van der Waals surface area contributed by atoms with Crippen LogP contribution in [0.1, 0.15) is 24.4 Å². The Morgan fingerprint density at radius 3 is 2.56 bits per heavy atom. The molecule has 2 N–H and O–H groups in total. The molecule has 36 heavy (non-hydrogen) atoms. The first-order valence-electron chi connectivity index (χ1n) is 11.5. The molecule has 2 aliphatic rings. The molecular weight excluding hydrogens is 542 g/mol. The summed E-state index contributed by atoms with van der Waals surface area (Å²) >= 11 is 3.18. The average Bonchev–Trinajstić information content (AvgIpc) is 3.26. The van der Waals surface area contributed by atoms with Gasteiger partial charge in [0.15, 0.2) is 23.8 Å². The lowest BCUT2D eigenvalue weighted by Crippen LogP contribution is -2.55. The molecule has 1 saturated heterocycles. The van der Waals surface area contributed by atoms with Gasteiger partial charge in [-0.05, 0) is 34.0 Å². The first kappa shape index (κ1) is 28.4. The number of imide groups is 1. The maximum atomic E-state index is 13.4. The number of hydrogen-bond acceptors (Lipinski definition) is 10. The summed E-state index contributed by atoms with van der Waals surface area (Å²) in [4.78, 5) is 39.6. The molecule has 1 aromatic carbocycles. The monoisotopic (exact) mass is 571 g/mol. The second-order valence-corrected chi connectivity index (χ2v) is 8.99. The number of cyclic esters (lactones) is 1. The summed E-state index contributed by atoms with van der Waals surface area (Å²) in [6.07, 6.45) is -2.29. The summed E-state index contributed by atoms with van der Waals surface area (Å²) in [5.74, 6) is -3.32. The van der Waals surface area contributed by atoms with Crippen LogP contribution in [0.25, 0.3) is 0 Å². The number of ether oxygens (including phenoxy) is 5. The molecule has 11 nitrogen and oxygen atoms in total. The predicted octanol–water partition coefficient (Wildman–Crippen LogP) is 1.46. The van der Waals surface area contributed by atoms with Crippen molar-refractivity contribution in [3.63, 3.8) is 0 Å². The average molecular weight is 572 g/mol. The van der Waals surface area contributed by atoms with E-state index in [1.54, 1.807) is 30.3 Å². The van der Waals surface area contributed by atoms with Crippen LogP contribution in [0.4, 0.5) is 4.79 Å². The smallest absolute Gasteiger partial charge is 0.417 e. The van der Waals surface area contributed by atoms with Gasteiger partial charge in [0.25, 0.3) is 5.91 Å². The third-order valence-electron chi connectivity index (χ3n) is 5.72. The lowest BCUT2D eigenvalue weighted by atomic mass is 9.99. The highest BCUT2D eigenvalue weighted by Crippen LogP contribution is 2.37. The number of halogens is 1. The number of carbonyl (C=O) groups is 3. The highest BCUT2D eigenvalue weighted by molar-refractivity contribution is 9.11. The summed E-state index contributed by atoms with van der Waals surface area (Å²) < 4.78 is 26.8. The largest absolute Gasteiger partial charge is 0.446 e. The Balaban J connectivity index is 1.67. The molecule has 2 aliphatic heterocycles. The summed E-state index contributed by atoms with van der Waals surface area (Å²) in [5, 5.41) is 19.8. The van der Waals surface area contributed by atoms with Gasteiger partial charge in [-0.1, -0.05) is 30.3 Å². The summed E-state index contributed by atoms with van der Waals surface area (Å²) in [6, 6.07) is 8.18. The van der Waals surface area contributed by atoms with E-state index in [2.05, 4.69) is 15.9 Å². The number of amides is 2. The number of aliphatic hydroxyl groups excluding tert-OH is 1. The van der Waals surface area contributed by atoms with Crippen LogP contribution in [0.5, 0.6) is 0 Å². The molecule has 2 heterocycles. The number of benzene rings is 1. The van der Waals surface area contributed by atoms with Crippen LogP contribution in [0.3, 0.4) is 0 Å². The van der Waals surface area contributed by atoms with E-state index in [4.69, 9.17) is 28.8 Å². The Morgan fingerprint density at radius 2 is 1.89 bits per heavy atom. The normalized spacial score (nSPS) is 25.0. The van der Waals surface area contributed by atoms with Gasteiger partial charge in [-0.2, -0.15) is 0 Å². The van der Waals surface area contributed by atoms with Crippen LogP contribution in [0.2, 0.25) is 0 Å². The molecule has 1 fully saturated rings. The van der Waals surface area contributed by atoms with Crippen molar-refractivity contribution in [1.29, 1.82) is 0 Å². The van der Waals surface area contributed by atoms with E-state index in [0.29, 0.717) is 25.2 Å². The fraction of sp³-hybridized carbons (Fsp3) is 0.542. The molecule has 2 amide bonds. The third kappa shape index (κ3) is 6.76. The Bertz CT molecular complexity index is 942. The maximum absolute atomic E-state index is 13.4. The minimum atomic E-state index is -1.91. The van der Waals surface area contributed by atoms with Gasteiger partial charge in [-0.15, -0.1) is 0 Å². The number of rotatable bonds is 13. The van der Waals surface area contributed by atoms with E-state index >= 15 is 0 Å². The second-order valence-electron chi connectivity index (χ2n) is 8.14. The quantitative estimate of drug-likeness (QED) is 0.334. The molecule has 12 heteroatoms. The van der Waals surface area contributed by atoms with Crippen molar-refractivity contribution in [2.45, 2.75) is 36.9 Å². The Kier molecular flexibility index (Phi) is 10.5. The summed E-state index contributed by atoms with van der Waals surface area (Å²) in [6.45, 7) is 1.03. The first-order valence-corrected chi connectivity index (χ1v) is 12.3. The number of carbonyl (C=O) groups excluding carboxylic acids is 3. The van der Waals surface area contributed by atoms with Crippen molar-refractivity contribution in [2.24, 2.45) is 0 Å². The maximum Gasteiger partial charge on any atom is 0.417 e. The van der Waals surface area contributed by atoms with E-state index in [0.717, 1.165) is 11.0 Å². The van der Waals surface area contributed by atoms with Crippen LogP contribution < -0.4 is 0 Å². The number of hydrogen-bond donors (Lipinski definition) is 2. The van der Waals surface area contributed by atoms with Crippen molar-refractivity contribution in [2.75, 3.05) is 46.8 Å². The molecule has 3 rings (SSSR count). The molecule has 4 unspecified atom stereocenters. The number of nitrogens with zero attached hydrogens (tertiary/aromatic N) is 1. The molecule has 0 aliphatic carbocycles. The van der Waals surface area contributed by atoms with Gasteiger partial charge in [0.1, 0.15) is 12.6 Å². The number of methoxy groups -OCH3 is 1. The topological polar surface area (TPSA) is 141 Å². The van der Waals surface area contributed by atoms with Crippen LogP contribution >= 0.6 is 15.9 Å². The first-order chi connectivity index (χ1) is 17.3. The van der Waals surface area contributed by atoms with Gasteiger partial charge in [0.05, 0.1) is 30.9 Å². The van der Waals surface area contributed by atoms with Crippen molar-refractivity contribution >= 4 is 33.7 Å². The van der Waals surface area contributed by atoms with E-state index in [9.17, 15) is 19.5 Å². The van der Waals surface area contributed by atoms with Crippen LogP contribution in [0.15, 0.2) is 40.9 Å². The molecule has 198 valence electrons. The Hall–Kier alpha value is -2.19. The molecule has 0 saturated carbocycles. The van der Waals surface area contributed by atoms with Crippen molar-refractivity contribution in [3.8, 4) is 0 Å². The van der Waals surface area contributed by atoms with E-state index < -0.39 is 41.8 Å². The molecule has 4 atom stereocenters. The molecular formula is C24H30BrNO10. The minimum Gasteiger partial charge on any atom is -0.446 e. The van der Waals surface area contributed by atoms with Gasteiger partial charge in [0.2, 0.25) is 0 Å². The Morgan fingerprint density at radius 1 is 1.19 bits per heavy atom. The van der Waals surface area contributed by atoms with Crippen LogP contribution in [-0.4, -0.2) is 97.6 Å². The molecule has 0 spiro atoms. The van der Waals surface area contributed by atoms with E-state index in [-0.39, 0.29) is 37.3 Å². The van der Waals surface area contributed by atoms with Gasteiger partial charge < -0.3 is 33.9 Å². The number of aliphatic hydroxyl groups is 2. The van der Waals surface area contributed by atoms with Crippen molar-refractivity contribution < 1.29 is 48.3 Å². The van der Waals surface area contributed by atoms with Crippen molar-refractivity contribution in [3.05, 3.63) is 46.5 Å². The van der Waals surface area contributed by atoms with Crippen LogP contribution in [-0.2, 0) is 33.3 Å². The zero-order chi connectivity index (χ0) is 26.1. The Labute approximate surface area is 217 Å². The fourth-order valence-corrected chi connectivity index (χ4v) is 4.43. The molecule has 0 bridgehead atoms.